The molecule has 3 N–H and O–H groups in total. The first kappa shape index (κ1) is 4.05. The lowest BCUT2D eigenvalue weighted by molar-refractivity contribution is -0.209. The average molecular weight is 76.1 g/mol. The summed E-state index contributed by atoms with van der Waals surface area (Å²) in [6.45, 7) is 1.79. The maximum absolute atomic E-state index is 4.43. The normalized spacial score (nSPS) is 6.50. The Balaban J connectivity index is 2.80. The van der Waals surface area contributed by atoms with Crippen molar-refractivity contribution in [2.24, 2.45) is 0 Å². The fourth-order valence-electron chi connectivity index (χ4n) is 0. The van der Waals surface area contributed by atoms with Crippen molar-refractivity contribution >= 4 is 17.2 Å². The molecule has 1 nitrogen and oxygen atoms in total. The van der Waals surface area contributed by atoms with Crippen molar-refractivity contribution < 1.29 is 5.73 Å². The summed E-state index contributed by atoms with van der Waals surface area (Å²) >= 11 is 4.43. The average Bonchev–Trinajstić information content (AvgIpc) is 0.811. The van der Waals surface area contributed by atoms with E-state index < -0.39 is 0 Å². The fourth-order valence-corrected chi connectivity index (χ4v) is 0. The summed E-state index contributed by atoms with van der Waals surface area (Å²) in [6.07, 6.45) is 0. The van der Waals surface area contributed by atoms with Crippen LogP contribution in [-0.4, -0.2) is 4.99 Å². The van der Waals surface area contributed by atoms with E-state index in [0.717, 1.165) is 4.99 Å². The first-order valence-electron chi connectivity index (χ1n) is 1.06. The first-order valence-corrected chi connectivity index (χ1v) is 1.47. The van der Waals surface area contributed by atoms with Gasteiger partial charge in [0.1, 0.15) is 0 Å². The van der Waals surface area contributed by atoms with Crippen LogP contribution in [0.2, 0.25) is 0 Å². The summed E-state index contributed by atoms with van der Waals surface area (Å²) in [6, 6.07) is 0. The highest BCUT2D eigenvalue weighted by atomic mass is 32.1. The van der Waals surface area contributed by atoms with Crippen molar-refractivity contribution in [3.8, 4) is 0 Å². The van der Waals surface area contributed by atoms with E-state index in [2.05, 4.69) is 18.0 Å². The number of hydrogen-bond acceptors (Lipinski definition) is 1. The van der Waals surface area contributed by atoms with Crippen LogP contribution in [-0.2, 0) is 0 Å². The van der Waals surface area contributed by atoms with E-state index in [1.54, 1.807) is 6.92 Å². The molecule has 0 heterocycles. The molecule has 0 amide bonds. The molecule has 0 aliphatic heterocycles. The van der Waals surface area contributed by atoms with Crippen LogP contribution >= 0.6 is 12.2 Å². The summed E-state index contributed by atoms with van der Waals surface area (Å²) < 4.78 is 0. The Morgan fingerprint density at radius 3 is 2.00 bits per heavy atom. The Morgan fingerprint density at radius 2 is 2.00 bits per heavy atom. The van der Waals surface area contributed by atoms with Crippen molar-refractivity contribution in [2.75, 3.05) is 0 Å². The second kappa shape index (κ2) is 1.38. The van der Waals surface area contributed by atoms with Crippen molar-refractivity contribution in [1.29, 1.82) is 0 Å². The Hall–Kier alpha value is 0.0500. The molecular weight excluding hydrogens is 70.1 g/mol. The maximum Gasteiger partial charge on any atom is 0.166 e. The number of quaternary nitrogens is 1. The van der Waals surface area contributed by atoms with E-state index >= 15 is 0 Å². The van der Waals surface area contributed by atoms with Gasteiger partial charge in [0.15, 0.2) is 4.99 Å². The molecule has 0 unspecified atom stereocenters. The minimum Gasteiger partial charge on any atom is -0.320 e. The van der Waals surface area contributed by atoms with Gasteiger partial charge in [-0.05, 0) is 12.2 Å². The molecule has 2 heteroatoms. The molecule has 0 radical (unpaired) electrons. The van der Waals surface area contributed by atoms with Gasteiger partial charge in [-0.3, -0.25) is 0 Å². The largest absolute Gasteiger partial charge is 0.320 e. The SMILES string of the molecule is CC([NH3+])=S. The highest BCUT2D eigenvalue weighted by molar-refractivity contribution is 7.79. The van der Waals surface area contributed by atoms with E-state index in [4.69, 9.17) is 0 Å². The maximum atomic E-state index is 4.43. The zero-order valence-corrected chi connectivity index (χ0v) is 3.43. The molecule has 24 valence electrons. The van der Waals surface area contributed by atoms with E-state index in [0.29, 0.717) is 0 Å². The van der Waals surface area contributed by atoms with Crippen LogP contribution in [0, 0.1) is 0 Å². The van der Waals surface area contributed by atoms with Crippen molar-refractivity contribution in [2.45, 2.75) is 6.92 Å². The van der Waals surface area contributed by atoms with Gasteiger partial charge in [0.25, 0.3) is 0 Å². The van der Waals surface area contributed by atoms with Gasteiger partial charge in [-0.15, -0.1) is 0 Å². The Labute approximate surface area is 30.8 Å². The van der Waals surface area contributed by atoms with Gasteiger partial charge in [0, 0.05) is 6.92 Å². The minimum absolute atomic E-state index is 0.750. The molecule has 0 aromatic heterocycles. The van der Waals surface area contributed by atoms with E-state index in [1.165, 1.54) is 0 Å². The molecule has 0 saturated heterocycles. The zero-order chi connectivity index (χ0) is 3.58. The van der Waals surface area contributed by atoms with Gasteiger partial charge < -0.3 is 5.73 Å². The highest BCUT2D eigenvalue weighted by Gasteiger charge is 1.62. The smallest absolute Gasteiger partial charge is 0.166 e. The minimum atomic E-state index is 0.750. The summed E-state index contributed by atoms with van der Waals surface area (Å²) in [5.74, 6) is 0. The first-order chi connectivity index (χ1) is 1.73. The third kappa shape index (κ3) is 904. The second-order valence-corrected chi connectivity index (χ2v) is 1.40. The number of hydrogen-bond donors (Lipinski definition) is 1. The molecule has 0 atom stereocenters. The van der Waals surface area contributed by atoms with Crippen LogP contribution in [0.3, 0.4) is 0 Å². The lowest BCUT2D eigenvalue weighted by Crippen LogP contribution is -2.53. The van der Waals surface area contributed by atoms with Crippen LogP contribution in [0.25, 0.3) is 0 Å². The van der Waals surface area contributed by atoms with Crippen LogP contribution in [0.4, 0.5) is 0 Å². The fraction of sp³-hybridized carbons (Fsp3) is 0.500. The third-order valence-electron chi connectivity index (χ3n) is 0. The predicted molar refractivity (Wildman–Crippen MR) is 21.2 cm³/mol. The Morgan fingerprint density at radius 1 is 2.00 bits per heavy atom. The standard InChI is InChI=1S/C2H5NS/c1-2(3)4/h1H3,(H2,3,4)/p+1. The molecular formula is C2H6NS+. The Bertz CT molecular complexity index is 29.0. The number of rotatable bonds is 0. The van der Waals surface area contributed by atoms with Crippen molar-refractivity contribution in [3.05, 3.63) is 0 Å². The molecule has 0 aliphatic rings. The molecule has 0 spiro atoms. The quantitative estimate of drug-likeness (QED) is 0.390. The van der Waals surface area contributed by atoms with Gasteiger partial charge in [-0.2, -0.15) is 0 Å². The molecule has 0 aromatic carbocycles. The molecule has 0 saturated carbocycles. The van der Waals surface area contributed by atoms with E-state index in [9.17, 15) is 0 Å². The summed E-state index contributed by atoms with van der Waals surface area (Å²) in [7, 11) is 0. The molecule has 4 heavy (non-hydrogen) atoms. The van der Waals surface area contributed by atoms with Crippen molar-refractivity contribution in [3.63, 3.8) is 0 Å². The molecule has 0 bridgehead atoms. The van der Waals surface area contributed by atoms with Gasteiger partial charge in [0.05, 0.1) is 0 Å². The second-order valence-electron chi connectivity index (χ2n) is 0.702. The van der Waals surface area contributed by atoms with Gasteiger partial charge in [0.2, 0.25) is 0 Å². The van der Waals surface area contributed by atoms with Crippen molar-refractivity contribution in [1.82, 2.24) is 0 Å². The van der Waals surface area contributed by atoms with Crippen LogP contribution < -0.4 is 5.73 Å². The lowest BCUT2D eigenvalue weighted by Gasteiger charge is -1.58. The lowest BCUT2D eigenvalue weighted by atomic mass is 10.8. The molecule has 0 fully saturated rings. The topological polar surface area (TPSA) is 27.6 Å². The van der Waals surface area contributed by atoms with Gasteiger partial charge in [-0.1, -0.05) is 0 Å². The number of thiocarbonyl (C=S) groups is 1. The summed E-state index contributed by atoms with van der Waals surface area (Å²) in [5, 5.41) is 0. The molecule has 0 aromatic rings. The highest BCUT2D eigenvalue weighted by Crippen LogP contribution is 1.43. The summed E-state index contributed by atoms with van der Waals surface area (Å²) in [5.41, 5.74) is 3.37. The molecule has 0 rings (SSSR count). The zero-order valence-electron chi connectivity index (χ0n) is 2.62. The van der Waals surface area contributed by atoms with Gasteiger partial charge >= 0.3 is 0 Å². The Kier molecular flexibility index (Phi) is 1.40. The monoisotopic (exact) mass is 76.0 g/mol. The van der Waals surface area contributed by atoms with Crippen LogP contribution in [0.1, 0.15) is 6.92 Å². The van der Waals surface area contributed by atoms with Crippen LogP contribution in [0.5, 0.6) is 0 Å². The van der Waals surface area contributed by atoms with Gasteiger partial charge in [-0.25, -0.2) is 0 Å². The van der Waals surface area contributed by atoms with E-state index in [-0.39, 0.29) is 0 Å². The molecule has 0 aliphatic carbocycles. The van der Waals surface area contributed by atoms with Crippen LogP contribution in [0.15, 0.2) is 0 Å². The predicted octanol–water partition coefficient (Wildman–Crippen LogP) is -0.424. The third-order valence-corrected chi connectivity index (χ3v) is 0. The summed E-state index contributed by atoms with van der Waals surface area (Å²) in [4.78, 5) is 0.750. The van der Waals surface area contributed by atoms with E-state index in [1.807, 2.05) is 0 Å².